The summed E-state index contributed by atoms with van der Waals surface area (Å²) in [6.45, 7) is 1.30. The number of hydrogen-bond acceptors (Lipinski definition) is 4. The van der Waals surface area contributed by atoms with Crippen LogP contribution in [0.3, 0.4) is 0 Å². The molecular formula is C8H5Cl3N4O. The highest BCUT2D eigenvalue weighted by atomic mass is 35.5. The smallest absolute Gasteiger partial charge is 0.235 e. The zero-order valence-electron chi connectivity index (χ0n) is 7.94. The Morgan fingerprint density at radius 3 is 2.50 bits per heavy atom. The minimum atomic E-state index is -0.338. The van der Waals surface area contributed by atoms with Crippen molar-refractivity contribution in [1.82, 2.24) is 10.4 Å². The average Bonchev–Trinajstić information content (AvgIpc) is 2.22. The van der Waals surface area contributed by atoms with Crippen molar-refractivity contribution in [2.75, 3.05) is 5.43 Å². The number of anilines is 1. The van der Waals surface area contributed by atoms with Gasteiger partial charge in [0, 0.05) is 6.92 Å². The normalized spacial score (nSPS) is 9.44. The maximum Gasteiger partial charge on any atom is 0.235 e. The van der Waals surface area contributed by atoms with Crippen molar-refractivity contribution in [2.24, 2.45) is 0 Å². The van der Waals surface area contributed by atoms with E-state index in [-0.39, 0.29) is 32.5 Å². The molecule has 0 atom stereocenters. The Labute approximate surface area is 106 Å². The molecule has 1 amide bonds. The highest BCUT2D eigenvalue weighted by Crippen LogP contribution is 2.34. The molecule has 0 bridgehead atoms. The van der Waals surface area contributed by atoms with Crippen LogP contribution in [0, 0.1) is 11.3 Å². The number of pyridine rings is 1. The first-order chi connectivity index (χ1) is 7.47. The van der Waals surface area contributed by atoms with Gasteiger partial charge in [-0.05, 0) is 0 Å². The third-order valence-electron chi connectivity index (χ3n) is 1.51. The van der Waals surface area contributed by atoms with Gasteiger partial charge in [0.1, 0.15) is 16.7 Å². The standard InChI is InChI=1S/C8H5Cl3N4O/c1-3(16)14-15-8-6(10)5(9)4(2-12)7(11)13-8/h1H3,(H,13,15)(H,14,16). The van der Waals surface area contributed by atoms with E-state index >= 15 is 0 Å². The zero-order chi connectivity index (χ0) is 12.3. The summed E-state index contributed by atoms with van der Waals surface area (Å²) in [5.74, 6) is -0.264. The van der Waals surface area contributed by atoms with E-state index in [4.69, 9.17) is 40.1 Å². The van der Waals surface area contributed by atoms with Gasteiger partial charge in [-0.1, -0.05) is 34.8 Å². The number of halogens is 3. The molecule has 2 N–H and O–H groups in total. The van der Waals surface area contributed by atoms with Crippen LogP contribution in [0.4, 0.5) is 5.82 Å². The highest BCUT2D eigenvalue weighted by molar-refractivity contribution is 6.45. The molecule has 1 rings (SSSR count). The number of nitrogens with zero attached hydrogens (tertiary/aromatic N) is 2. The zero-order valence-corrected chi connectivity index (χ0v) is 10.2. The molecule has 16 heavy (non-hydrogen) atoms. The van der Waals surface area contributed by atoms with E-state index < -0.39 is 0 Å². The molecule has 0 fully saturated rings. The van der Waals surface area contributed by atoms with Crippen LogP contribution < -0.4 is 10.9 Å². The first-order valence-electron chi connectivity index (χ1n) is 3.94. The molecule has 0 saturated carbocycles. The molecular weight excluding hydrogens is 274 g/mol. The lowest BCUT2D eigenvalue weighted by atomic mass is 10.3. The fourth-order valence-corrected chi connectivity index (χ4v) is 1.51. The Kier molecular flexibility index (Phi) is 4.19. The molecule has 0 aliphatic carbocycles. The summed E-state index contributed by atoms with van der Waals surface area (Å²) in [4.78, 5) is 14.4. The van der Waals surface area contributed by atoms with E-state index in [0.717, 1.165) is 0 Å². The number of carbonyl (C=O) groups is 1. The minimum absolute atomic E-state index is 0.0105. The lowest BCUT2D eigenvalue weighted by Crippen LogP contribution is -2.27. The molecule has 0 aliphatic heterocycles. The molecule has 0 unspecified atom stereocenters. The molecule has 8 heteroatoms. The second kappa shape index (κ2) is 5.21. The quantitative estimate of drug-likeness (QED) is 0.643. The van der Waals surface area contributed by atoms with Crippen molar-refractivity contribution in [3.63, 3.8) is 0 Å². The summed E-state index contributed by atoms with van der Waals surface area (Å²) in [5.41, 5.74) is 4.67. The van der Waals surface area contributed by atoms with E-state index in [0.29, 0.717) is 0 Å². The van der Waals surface area contributed by atoms with Crippen LogP contribution in [-0.2, 0) is 4.79 Å². The van der Waals surface area contributed by atoms with Crippen molar-refractivity contribution in [3.8, 4) is 6.07 Å². The van der Waals surface area contributed by atoms with Crippen LogP contribution >= 0.6 is 34.8 Å². The van der Waals surface area contributed by atoms with Gasteiger partial charge in [-0.25, -0.2) is 4.98 Å². The predicted octanol–water partition coefficient (Wildman–Crippen LogP) is 2.38. The van der Waals surface area contributed by atoms with Crippen LogP contribution in [0.5, 0.6) is 0 Å². The van der Waals surface area contributed by atoms with E-state index in [1.807, 2.05) is 0 Å². The van der Waals surface area contributed by atoms with Crippen LogP contribution in [-0.4, -0.2) is 10.9 Å². The molecule has 0 aromatic carbocycles. The van der Waals surface area contributed by atoms with Crippen molar-refractivity contribution in [1.29, 1.82) is 5.26 Å². The number of amides is 1. The molecule has 5 nitrogen and oxygen atoms in total. The Morgan fingerprint density at radius 2 is 2.00 bits per heavy atom. The molecule has 0 aliphatic rings. The van der Waals surface area contributed by atoms with Gasteiger partial charge < -0.3 is 0 Å². The summed E-state index contributed by atoms with van der Waals surface area (Å²) in [6.07, 6.45) is 0. The van der Waals surface area contributed by atoms with Gasteiger partial charge in [0.15, 0.2) is 11.0 Å². The van der Waals surface area contributed by atoms with Gasteiger partial charge in [0.25, 0.3) is 0 Å². The fraction of sp³-hybridized carbons (Fsp3) is 0.125. The SMILES string of the molecule is CC(=O)NNc1nc(Cl)c(C#N)c(Cl)c1Cl. The second-order valence-corrected chi connectivity index (χ2v) is 3.79. The topological polar surface area (TPSA) is 77.8 Å². The summed E-state index contributed by atoms with van der Waals surface area (Å²) in [6, 6.07) is 1.77. The van der Waals surface area contributed by atoms with Gasteiger partial charge in [0.05, 0.1) is 5.02 Å². The minimum Gasteiger partial charge on any atom is -0.281 e. The maximum atomic E-state index is 10.7. The van der Waals surface area contributed by atoms with Gasteiger partial charge in [0.2, 0.25) is 5.91 Å². The van der Waals surface area contributed by atoms with Crippen LogP contribution in [0.1, 0.15) is 12.5 Å². The fourth-order valence-electron chi connectivity index (χ4n) is 0.833. The van der Waals surface area contributed by atoms with Gasteiger partial charge in [-0.2, -0.15) is 5.26 Å². The highest BCUT2D eigenvalue weighted by Gasteiger charge is 2.16. The summed E-state index contributed by atoms with van der Waals surface area (Å²) in [5, 5.41) is 8.63. The third kappa shape index (κ3) is 2.67. The van der Waals surface area contributed by atoms with E-state index in [1.165, 1.54) is 6.92 Å². The van der Waals surface area contributed by atoms with Crippen molar-refractivity contribution >= 4 is 46.5 Å². The van der Waals surface area contributed by atoms with Crippen molar-refractivity contribution < 1.29 is 4.79 Å². The molecule has 84 valence electrons. The Bertz CT molecular complexity index is 483. The lowest BCUT2D eigenvalue weighted by molar-refractivity contribution is -0.118. The molecule has 1 aromatic heterocycles. The number of hydrogen-bond donors (Lipinski definition) is 2. The molecule has 0 spiro atoms. The summed E-state index contributed by atoms with van der Waals surface area (Å²) >= 11 is 17.3. The van der Waals surface area contributed by atoms with Crippen molar-refractivity contribution in [2.45, 2.75) is 6.92 Å². The number of hydrazine groups is 1. The van der Waals surface area contributed by atoms with Crippen LogP contribution in [0.15, 0.2) is 0 Å². The molecule has 1 aromatic rings. The van der Waals surface area contributed by atoms with Crippen LogP contribution in [0.2, 0.25) is 15.2 Å². The molecule has 1 heterocycles. The Hall–Kier alpha value is -1.22. The second-order valence-electron chi connectivity index (χ2n) is 2.67. The van der Waals surface area contributed by atoms with Gasteiger partial charge in [-0.15, -0.1) is 0 Å². The average molecular weight is 280 g/mol. The van der Waals surface area contributed by atoms with E-state index in [9.17, 15) is 4.79 Å². The Morgan fingerprint density at radius 1 is 1.38 bits per heavy atom. The monoisotopic (exact) mass is 278 g/mol. The Balaban J connectivity index is 3.14. The van der Waals surface area contributed by atoms with E-state index in [1.54, 1.807) is 6.07 Å². The maximum absolute atomic E-state index is 10.7. The number of aromatic nitrogens is 1. The number of nitrogens with one attached hydrogen (secondary N) is 2. The molecule has 0 saturated heterocycles. The number of nitriles is 1. The lowest BCUT2D eigenvalue weighted by Gasteiger charge is -2.09. The summed E-state index contributed by atoms with van der Waals surface area (Å²) in [7, 11) is 0. The number of carbonyl (C=O) groups excluding carboxylic acids is 1. The molecule has 0 radical (unpaired) electrons. The largest absolute Gasteiger partial charge is 0.281 e. The first kappa shape index (κ1) is 12.8. The summed E-state index contributed by atoms with van der Waals surface area (Å²) < 4.78 is 0. The third-order valence-corrected chi connectivity index (χ3v) is 2.62. The number of rotatable bonds is 2. The van der Waals surface area contributed by atoms with Gasteiger partial charge in [-0.3, -0.25) is 15.6 Å². The van der Waals surface area contributed by atoms with E-state index in [2.05, 4.69) is 15.8 Å². The first-order valence-corrected chi connectivity index (χ1v) is 5.08. The van der Waals surface area contributed by atoms with Crippen molar-refractivity contribution in [3.05, 3.63) is 20.8 Å². The van der Waals surface area contributed by atoms with Gasteiger partial charge >= 0.3 is 0 Å². The predicted molar refractivity (Wildman–Crippen MR) is 61.4 cm³/mol. The van der Waals surface area contributed by atoms with Crippen LogP contribution in [0.25, 0.3) is 0 Å².